The summed E-state index contributed by atoms with van der Waals surface area (Å²) in [4.78, 5) is 24.1. The Labute approximate surface area is 187 Å². The third-order valence-electron chi connectivity index (χ3n) is 5.65. The second-order valence-corrected chi connectivity index (χ2v) is 7.49. The number of nitrogens with zero attached hydrogens (tertiary/aromatic N) is 7. The highest BCUT2D eigenvalue weighted by Crippen LogP contribution is 2.30. The quantitative estimate of drug-likeness (QED) is 0.491. The Morgan fingerprint density at radius 1 is 1.03 bits per heavy atom. The van der Waals surface area contributed by atoms with E-state index in [0.717, 1.165) is 30.6 Å². The number of fused-ring (bicyclic) bond motifs is 1. The van der Waals surface area contributed by atoms with E-state index < -0.39 is 11.8 Å². The summed E-state index contributed by atoms with van der Waals surface area (Å²) in [7, 11) is 1.66. The summed E-state index contributed by atoms with van der Waals surface area (Å²) in [5, 5.41) is 17.3. The number of hydrogen-bond acceptors (Lipinski definition) is 8. The molecule has 33 heavy (non-hydrogen) atoms. The first-order valence-electron chi connectivity index (χ1n) is 10.3. The molecule has 0 spiro atoms. The summed E-state index contributed by atoms with van der Waals surface area (Å²) in [6.07, 6.45) is 1.40. The van der Waals surface area contributed by atoms with E-state index in [1.54, 1.807) is 7.11 Å². The Bertz CT molecular complexity index is 1330. The molecule has 4 aromatic rings. The maximum absolute atomic E-state index is 14.6. The Balaban J connectivity index is 1.42. The molecule has 1 fully saturated rings. The number of aromatic carboxylic acids is 1. The van der Waals surface area contributed by atoms with Crippen LogP contribution in [-0.4, -0.2) is 69.3 Å². The molecule has 3 heterocycles. The van der Waals surface area contributed by atoms with Gasteiger partial charge in [0, 0.05) is 26.2 Å². The summed E-state index contributed by atoms with van der Waals surface area (Å²) < 4.78 is 21.3. The predicted octanol–water partition coefficient (Wildman–Crippen LogP) is 2.38. The van der Waals surface area contributed by atoms with Crippen LogP contribution in [0, 0.1) is 5.82 Å². The number of ether oxygens (including phenoxy) is 1. The number of anilines is 2. The Morgan fingerprint density at radius 3 is 2.52 bits per heavy atom. The van der Waals surface area contributed by atoms with Crippen molar-refractivity contribution in [2.24, 2.45) is 0 Å². The second kappa shape index (κ2) is 8.34. The third-order valence-corrected chi connectivity index (χ3v) is 5.65. The summed E-state index contributed by atoms with van der Waals surface area (Å²) in [6, 6.07) is 11.5. The number of carboxylic acid groups (broad SMARTS) is 1. The fourth-order valence-electron chi connectivity index (χ4n) is 3.99. The molecule has 1 aliphatic rings. The van der Waals surface area contributed by atoms with Gasteiger partial charge >= 0.3 is 5.97 Å². The number of methoxy groups -OCH3 is 1. The van der Waals surface area contributed by atoms with E-state index in [1.807, 2.05) is 24.3 Å². The van der Waals surface area contributed by atoms with E-state index in [4.69, 9.17) is 9.84 Å². The molecule has 168 valence electrons. The Kier molecular flexibility index (Phi) is 5.21. The van der Waals surface area contributed by atoms with Crippen LogP contribution in [0.5, 0.6) is 5.75 Å². The number of carbonyl (C=O) groups is 1. The average molecular weight is 449 g/mol. The third kappa shape index (κ3) is 3.67. The number of rotatable bonds is 5. The zero-order chi connectivity index (χ0) is 22.9. The lowest BCUT2D eigenvalue weighted by Gasteiger charge is -2.37. The van der Waals surface area contributed by atoms with Gasteiger partial charge in [-0.05, 0) is 30.3 Å². The Hall–Kier alpha value is -4.28. The zero-order valence-corrected chi connectivity index (χ0v) is 17.7. The van der Waals surface area contributed by atoms with Crippen molar-refractivity contribution in [2.75, 3.05) is 43.1 Å². The van der Waals surface area contributed by atoms with Crippen molar-refractivity contribution in [3.05, 3.63) is 60.2 Å². The molecular formula is C22H20FN7O3. The zero-order valence-electron chi connectivity index (χ0n) is 17.7. The minimum absolute atomic E-state index is 0.0631. The largest absolute Gasteiger partial charge is 0.495 e. The molecule has 11 heteroatoms. The SMILES string of the molecule is COc1ccccc1N1CCN(c2ncnc3c2nnn3-c2ccc(C(=O)O)cc2F)CC1. The molecule has 1 N–H and O–H groups in total. The van der Waals surface area contributed by atoms with E-state index in [2.05, 4.69) is 30.1 Å². The fraction of sp³-hybridized carbons (Fsp3) is 0.227. The molecule has 0 atom stereocenters. The first kappa shape index (κ1) is 20.6. The highest BCUT2D eigenvalue weighted by atomic mass is 19.1. The molecule has 2 aromatic carbocycles. The summed E-state index contributed by atoms with van der Waals surface area (Å²) >= 11 is 0. The van der Waals surface area contributed by atoms with Crippen molar-refractivity contribution < 1.29 is 19.0 Å². The van der Waals surface area contributed by atoms with Gasteiger partial charge in [0.25, 0.3) is 0 Å². The van der Waals surface area contributed by atoms with Crippen LogP contribution in [0.25, 0.3) is 16.9 Å². The van der Waals surface area contributed by atoms with Gasteiger partial charge in [-0.2, -0.15) is 4.68 Å². The van der Waals surface area contributed by atoms with Gasteiger partial charge in [-0.3, -0.25) is 0 Å². The van der Waals surface area contributed by atoms with Crippen LogP contribution >= 0.6 is 0 Å². The van der Waals surface area contributed by atoms with E-state index in [1.165, 1.54) is 23.1 Å². The maximum atomic E-state index is 14.6. The standard InChI is InChI=1S/C22H20FN7O3/c1-33-18-5-3-2-4-17(18)28-8-10-29(11-9-28)20-19-21(25-13-24-20)30(27-26-19)16-7-6-14(22(31)32)12-15(16)23/h2-7,12-13H,8-11H2,1H3,(H,31,32). The van der Waals surface area contributed by atoms with Crippen molar-refractivity contribution in [3.8, 4) is 11.4 Å². The predicted molar refractivity (Wildman–Crippen MR) is 119 cm³/mol. The molecule has 0 saturated carbocycles. The van der Waals surface area contributed by atoms with Gasteiger partial charge in [0.15, 0.2) is 17.0 Å². The van der Waals surface area contributed by atoms with Gasteiger partial charge in [0.05, 0.1) is 18.4 Å². The molecule has 10 nitrogen and oxygen atoms in total. The molecule has 0 radical (unpaired) electrons. The van der Waals surface area contributed by atoms with Gasteiger partial charge in [-0.15, -0.1) is 5.10 Å². The highest BCUT2D eigenvalue weighted by molar-refractivity contribution is 5.88. The summed E-state index contributed by atoms with van der Waals surface area (Å²) in [5.74, 6) is -0.490. The number of hydrogen-bond donors (Lipinski definition) is 1. The maximum Gasteiger partial charge on any atom is 0.335 e. The van der Waals surface area contributed by atoms with Crippen molar-refractivity contribution in [3.63, 3.8) is 0 Å². The van der Waals surface area contributed by atoms with Gasteiger partial charge in [-0.25, -0.2) is 19.2 Å². The first-order valence-corrected chi connectivity index (χ1v) is 10.3. The minimum Gasteiger partial charge on any atom is -0.495 e. The molecule has 1 aliphatic heterocycles. The van der Waals surface area contributed by atoms with Gasteiger partial charge in [-0.1, -0.05) is 17.3 Å². The number of piperazine rings is 1. The Morgan fingerprint density at radius 2 is 1.79 bits per heavy atom. The van der Waals surface area contributed by atoms with Crippen molar-refractivity contribution in [1.29, 1.82) is 0 Å². The van der Waals surface area contributed by atoms with Crippen molar-refractivity contribution in [2.45, 2.75) is 0 Å². The molecule has 2 aromatic heterocycles. The smallest absolute Gasteiger partial charge is 0.335 e. The van der Waals surface area contributed by atoms with Crippen LogP contribution in [0.2, 0.25) is 0 Å². The van der Waals surface area contributed by atoms with Crippen LogP contribution < -0.4 is 14.5 Å². The summed E-state index contributed by atoms with van der Waals surface area (Å²) in [6.45, 7) is 2.90. The van der Waals surface area contributed by atoms with E-state index >= 15 is 0 Å². The number of benzene rings is 2. The number of halogens is 1. The molecule has 5 rings (SSSR count). The van der Waals surface area contributed by atoms with Gasteiger partial charge in [0.2, 0.25) is 0 Å². The van der Waals surface area contributed by atoms with E-state index in [9.17, 15) is 9.18 Å². The summed E-state index contributed by atoms with van der Waals surface area (Å²) in [5.41, 5.74) is 1.75. The molecule has 0 unspecified atom stereocenters. The van der Waals surface area contributed by atoms with Crippen LogP contribution in [0.3, 0.4) is 0 Å². The van der Waals surface area contributed by atoms with Crippen LogP contribution in [-0.2, 0) is 0 Å². The molecule has 0 amide bonds. The fourth-order valence-corrected chi connectivity index (χ4v) is 3.99. The van der Waals surface area contributed by atoms with Crippen molar-refractivity contribution in [1.82, 2.24) is 25.0 Å². The van der Waals surface area contributed by atoms with E-state index in [0.29, 0.717) is 30.1 Å². The van der Waals surface area contributed by atoms with Crippen LogP contribution in [0.15, 0.2) is 48.8 Å². The molecule has 0 aliphatic carbocycles. The number of para-hydroxylation sites is 2. The first-order chi connectivity index (χ1) is 16.1. The highest BCUT2D eigenvalue weighted by Gasteiger charge is 2.24. The van der Waals surface area contributed by atoms with Crippen LogP contribution in [0.4, 0.5) is 15.9 Å². The topological polar surface area (TPSA) is 110 Å². The number of carboxylic acids is 1. The second-order valence-electron chi connectivity index (χ2n) is 7.49. The minimum atomic E-state index is -1.21. The van der Waals surface area contributed by atoms with E-state index in [-0.39, 0.29) is 11.3 Å². The lowest BCUT2D eigenvalue weighted by molar-refractivity contribution is 0.0696. The van der Waals surface area contributed by atoms with Crippen LogP contribution in [0.1, 0.15) is 10.4 Å². The molecule has 0 bridgehead atoms. The lowest BCUT2D eigenvalue weighted by Crippen LogP contribution is -2.47. The van der Waals surface area contributed by atoms with Crippen molar-refractivity contribution >= 4 is 28.6 Å². The van der Waals surface area contributed by atoms with Gasteiger partial charge < -0.3 is 19.6 Å². The number of aromatic nitrogens is 5. The monoisotopic (exact) mass is 449 g/mol. The van der Waals surface area contributed by atoms with Gasteiger partial charge in [0.1, 0.15) is 23.6 Å². The lowest BCUT2D eigenvalue weighted by atomic mass is 10.2. The average Bonchev–Trinajstić information content (AvgIpc) is 3.28. The normalized spacial score (nSPS) is 14.0. The molecular weight excluding hydrogens is 429 g/mol. The molecule has 1 saturated heterocycles.